The van der Waals surface area contributed by atoms with Crippen LogP contribution in [-0.2, 0) is 25.6 Å². The van der Waals surface area contributed by atoms with E-state index in [1.54, 1.807) is 19.1 Å². The minimum atomic E-state index is -0.699. The first-order valence-corrected chi connectivity index (χ1v) is 16.5. The summed E-state index contributed by atoms with van der Waals surface area (Å²) in [5.74, 6) is -2.00. The molecular weight excluding hydrogens is 546 g/mol. The summed E-state index contributed by atoms with van der Waals surface area (Å²) in [5, 5.41) is 0.577. The summed E-state index contributed by atoms with van der Waals surface area (Å²) in [6.07, 6.45) is 34.1. The molecule has 0 saturated heterocycles. The molecular formula is C39H55NO4. The highest BCUT2D eigenvalue weighted by Crippen LogP contribution is 2.20. The van der Waals surface area contributed by atoms with Crippen molar-refractivity contribution in [2.45, 2.75) is 111 Å². The number of carbonyl (C=O) groups is 3. The van der Waals surface area contributed by atoms with E-state index in [9.17, 15) is 14.4 Å². The summed E-state index contributed by atoms with van der Waals surface area (Å²) in [4.78, 5) is 43.5. The van der Waals surface area contributed by atoms with E-state index in [1.165, 1.54) is 62.7 Å². The topological polar surface area (TPSA) is 63.7 Å². The van der Waals surface area contributed by atoms with E-state index in [1.807, 2.05) is 67.6 Å². The van der Waals surface area contributed by atoms with Crippen LogP contribution in [0, 0.1) is 5.92 Å². The second-order valence-corrected chi connectivity index (χ2v) is 11.5. The zero-order valence-electron chi connectivity index (χ0n) is 27.8. The number of benzene rings is 1. The van der Waals surface area contributed by atoms with Crippen LogP contribution in [0.4, 0.5) is 0 Å². The quantitative estimate of drug-likeness (QED) is 0.0646. The normalized spacial score (nSPS) is 13.0. The third kappa shape index (κ3) is 18.0. The number of rotatable bonds is 20. The second kappa shape index (κ2) is 24.7. The van der Waals surface area contributed by atoms with E-state index in [-0.39, 0.29) is 6.42 Å². The van der Waals surface area contributed by atoms with Crippen molar-refractivity contribution in [3.8, 4) is 0 Å². The highest BCUT2D eigenvalue weighted by atomic mass is 16.7. The first kappa shape index (κ1) is 38.3. The lowest BCUT2D eigenvalue weighted by molar-refractivity contribution is -0.201. The molecule has 240 valence electrons. The SMILES string of the molecule is CCCCCCCCCC=CC=CC=CC=CC=CC=CC(=O)N(OC(=O)C(C)c1ccc(CC(C)C)cc1)C(=O)CCC. The fourth-order valence-electron chi connectivity index (χ4n) is 4.37. The van der Waals surface area contributed by atoms with Gasteiger partial charge in [-0.1, -0.05) is 162 Å². The highest BCUT2D eigenvalue weighted by molar-refractivity contribution is 6.01. The van der Waals surface area contributed by atoms with Gasteiger partial charge in [0, 0.05) is 12.5 Å². The predicted octanol–water partition coefficient (Wildman–Crippen LogP) is 10.1. The van der Waals surface area contributed by atoms with E-state index in [2.05, 4.69) is 32.9 Å². The van der Waals surface area contributed by atoms with Gasteiger partial charge in [-0.15, -0.1) is 0 Å². The maximum Gasteiger partial charge on any atom is 0.340 e. The Kier molecular flexibility index (Phi) is 21.5. The van der Waals surface area contributed by atoms with Crippen LogP contribution in [0.1, 0.15) is 116 Å². The molecule has 0 saturated carbocycles. The standard InChI is InChI=1S/C39H55NO4/c1-6-8-9-10-11-12-13-14-15-16-17-18-19-20-21-22-23-24-25-27-38(42)40(37(41)26-7-2)44-39(43)34(5)36-30-28-35(29-31-36)32-33(3)4/h15-25,27-31,33-34H,6-14,26,32H2,1-5H3. The van der Waals surface area contributed by atoms with Gasteiger partial charge in [0.05, 0.1) is 5.92 Å². The lowest BCUT2D eigenvalue weighted by Gasteiger charge is -2.20. The molecule has 2 amide bonds. The van der Waals surface area contributed by atoms with Crippen molar-refractivity contribution >= 4 is 17.8 Å². The number of imide groups is 1. The molecule has 0 aliphatic heterocycles. The lowest BCUT2D eigenvalue weighted by atomic mass is 9.97. The Morgan fingerprint density at radius 3 is 1.82 bits per heavy atom. The molecule has 44 heavy (non-hydrogen) atoms. The first-order valence-electron chi connectivity index (χ1n) is 16.5. The molecule has 1 aromatic rings. The average Bonchev–Trinajstić information content (AvgIpc) is 3.00. The largest absolute Gasteiger partial charge is 0.340 e. The maximum atomic E-state index is 12.8. The molecule has 5 heteroatoms. The molecule has 0 bridgehead atoms. The van der Waals surface area contributed by atoms with Crippen LogP contribution in [0.2, 0.25) is 0 Å². The van der Waals surface area contributed by atoms with E-state index in [0.29, 0.717) is 17.4 Å². The van der Waals surface area contributed by atoms with Crippen LogP contribution in [0.15, 0.2) is 97.2 Å². The summed E-state index contributed by atoms with van der Waals surface area (Å²) < 4.78 is 0. The molecule has 0 fully saturated rings. The van der Waals surface area contributed by atoms with Crippen molar-refractivity contribution in [3.05, 3.63) is 108 Å². The van der Waals surface area contributed by atoms with Crippen molar-refractivity contribution in [3.63, 3.8) is 0 Å². The summed E-state index contributed by atoms with van der Waals surface area (Å²) >= 11 is 0. The minimum absolute atomic E-state index is 0.0967. The Morgan fingerprint density at radius 1 is 0.705 bits per heavy atom. The number of amides is 2. The van der Waals surface area contributed by atoms with Crippen molar-refractivity contribution in [2.75, 3.05) is 0 Å². The lowest BCUT2D eigenvalue weighted by Crippen LogP contribution is -2.38. The predicted molar refractivity (Wildman–Crippen MR) is 184 cm³/mol. The van der Waals surface area contributed by atoms with Crippen LogP contribution in [0.3, 0.4) is 0 Å². The molecule has 0 aromatic heterocycles. The molecule has 0 heterocycles. The van der Waals surface area contributed by atoms with E-state index in [4.69, 9.17) is 4.84 Å². The molecule has 1 aromatic carbocycles. The van der Waals surface area contributed by atoms with Gasteiger partial charge in [0.15, 0.2) is 0 Å². The number of unbranched alkanes of at least 4 members (excludes halogenated alkanes) is 7. The average molecular weight is 602 g/mol. The second-order valence-electron chi connectivity index (χ2n) is 11.5. The van der Waals surface area contributed by atoms with Gasteiger partial charge in [-0.2, -0.15) is 0 Å². The number of hydroxylamine groups is 2. The fourth-order valence-corrected chi connectivity index (χ4v) is 4.37. The van der Waals surface area contributed by atoms with Crippen LogP contribution < -0.4 is 0 Å². The minimum Gasteiger partial charge on any atom is -0.329 e. The molecule has 1 rings (SSSR count). The van der Waals surface area contributed by atoms with Gasteiger partial charge in [-0.25, -0.2) is 4.79 Å². The highest BCUT2D eigenvalue weighted by Gasteiger charge is 2.27. The molecule has 0 aliphatic rings. The third-order valence-electron chi connectivity index (χ3n) is 6.90. The number of hydrogen-bond donors (Lipinski definition) is 0. The van der Waals surface area contributed by atoms with Gasteiger partial charge >= 0.3 is 5.97 Å². The van der Waals surface area contributed by atoms with Gasteiger partial charge in [-0.3, -0.25) is 9.59 Å². The summed E-state index contributed by atoms with van der Waals surface area (Å²) in [6.45, 7) is 10.1. The Bertz CT molecular complexity index is 1140. The van der Waals surface area contributed by atoms with Crippen molar-refractivity contribution in [1.82, 2.24) is 5.06 Å². The summed E-state index contributed by atoms with van der Waals surface area (Å²) in [5.41, 5.74) is 1.96. The maximum absolute atomic E-state index is 12.8. The molecule has 0 radical (unpaired) electrons. The van der Waals surface area contributed by atoms with Gasteiger partial charge < -0.3 is 4.84 Å². The number of nitrogens with zero attached hydrogens (tertiary/aromatic N) is 1. The van der Waals surface area contributed by atoms with Crippen molar-refractivity contribution in [2.24, 2.45) is 5.92 Å². The molecule has 1 atom stereocenters. The van der Waals surface area contributed by atoms with Gasteiger partial charge in [0.2, 0.25) is 0 Å². The van der Waals surface area contributed by atoms with Gasteiger partial charge in [0.25, 0.3) is 11.8 Å². The number of carbonyl (C=O) groups excluding carboxylic acids is 3. The molecule has 5 nitrogen and oxygen atoms in total. The molecule has 0 spiro atoms. The van der Waals surface area contributed by atoms with E-state index < -0.39 is 23.7 Å². The zero-order chi connectivity index (χ0) is 32.4. The molecule has 0 N–H and O–H groups in total. The Labute approximate surface area is 267 Å². The summed E-state index contributed by atoms with van der Waals surface area (Å²) in [6, 6.07) is 7.78. The van der Waals surface area contributed by atoms with E-state index >= 15 is 0 Å². The zero-order valence-corrected chi connectivity index (χ0v) is 27.8. The smallest absolute Gasteiger partial charge is 0.329 e. The van der Waals surface area contributed by atoms with Crippen LogP contribution >= 0.6 is 0 Å². The Balaban J connectivity index is 2.52. The number of hydrogen-bond acceptors (Lipinski definition) is 4. The first-order chi connectivity index (χ1) is 21.3. The number of allylic oxidation sites excluding steroid dienone is 11. The molecule has 0 aliphatic carbocycles. The van der Waals surface area contributed by atoms with Crippen molar-refractivity contribution in [1.29, 1.82) is 0 Å². The third-order valence-corrected chi connectivity index (χ3v) is 6.90. The van der Waals surface area contributed by atoms with E-state index in [0.717, 1.165) is 18.4 Å². The van der Waals surface area contributed by atoms with Crippen LogP contribution in [0.5, 0.6) is 0 Å². The van der Waals surface area contributed by atoms with Crippen molar-refractivity contribution < 1.29 is 19.2 Å². The Hall–Kier alpha value is -3.73. The Morgan fingerprint density at radius 2 is 1.25 bits per heavy atom. The van der Waals surface area contributed by atoms with Crippen LogP contribution in [0.25, 0.3) is 0 Å². The fraction of sp³-hybridized carbons (Fsp3) is 0.462. The summed E-state index contributed by atoms with van der Waals surface area (Å²) in [7, 11) is 0. The van der Waals surface area contributed by atoms with Crippen LogP contribution in [-0.4, -0.2) is 22.8 Å². The van der Waals surface area contributed by atoms with Gasteiger partial charge in [-0.05, 0) is 49.7 Å². The molecule has 1 unspecified atom stereocenters. The monoisotopic (exact) mass is 601 g/mol. The van der Waals surface area contributed by atoms with Gasteiger partial charge in [0.1, 0.15) is 0 Å².